The van der Waals surface area contributed by atoms with Crippen LogP contribution >= 0.6 is 11.8 Å². The summed E-state index contributed by atoms with van der Waals surface area (Å²) in [5.41, 5.74) is 5.71. The van der Waals surface area contributed by atoms with Crippen molar-refractivity contribution in [2.75, 3.05) is 18.6 Å². The largest absolute Gasteiger partial charge is 0.361 e. The van der Waals surface area contributed by atoms with Crippen molar-refractivity contribution in [3.05, 3.63) is 110 Å². The standard InChI is InChI=1S/C27H23N3S/c1-29-15-16-30(20-29)24-10-6-12-26(19-24)31-25-11-5-9-23(17-25)27-18-22(13-14-28-27)21-7-3-2-4-8-21/h2-19H,20H2,1H3. The van der Waals surface area contributed by atoms with Crippen molar-refractivity contribution < 1.29 is 0 Å². The first kappa shape index (κ1) is 19.5. The van der Waals surface area contributed by atoms with Gasteiger partial charge in [-0.3, -0.25) is 4.98 Å². The Hall–Kier alpha value is -3.50. The molecule has 0 saturated heterocycles. The lowest BCUT2D eigenvalue weighted by Gasteiger charge is -2.18. The quantitative estimate of drug-likeness (QED) is 0.355. The summed E-state index contributed by atoms with van der Waals surface area (Å²) < 4.78 is 0. The Kier molecular flexibility index (Phi) is 5.46. The Labute approximate surface area is 187 Å². The second-order valence-corrected chi connectivity index (χ2v) is 8.74. The molecule has 0 atom stereocenters. The van der Waals surface area contributed by atoms with Gasteiger partial charge < -0.3 is 9.80 Å². The molecule has 0 fully saturated rings. The van der Waals surface area contributed by atoms with Crippen molar-refractivity contribution in [1.29, 1.82) is 0 Å². The van der Waals surface area contributed by atoms with Crippen LogP contribution in [0.3, 0.4) is 0 Å². The van der Waals surface area contributed by atoms with Crippen LogP contribution in [0.5, 0.6) is 0 Å². The number of hydrogen-bond donors (Lipinski definition) is 0. The van der Waals surface area contributed by atoms with Gasteiger partial charge in [0.05, 0.1) is 12.4 Å². The third-order valence-corrected chi connectivity index (χ3v) is 6.24. The minimum Gasteiger partial charge on any atom is -0.361 e. The summed E-state index contributed by atoms with van der Waals surface area (Å²) >= 11 is 1.78. The van der Waals surface area contributed by atoms with Gasteiger partial charge >= 0.3 is 0 Å². The molecule has 152 valence electrons. The van der Waals surface area contributed by atoms with E-state index >= 15 is 0 Å². The van der Waals surface area contributed by atoms with Gasteiger partial charge in [-0.15, -0.1) is 0 Å². The first-order chi connectivity index (χ1) is 15.2. The number of nitrogens with zero attached hydrogens (tertiary/aromatic N) is 3. The molecule has 4 heteroatoms. The summed E-state index contributed by atoms with van der Waals surface area (Å²) in [5.74, 6) is 0. The van der Waals surface area contributed by atoms with Gasteiger partial charge in [0.25, 0.3) is 0 Å². The zero-order valence-electron chi connectivity index (χ0n) is 17.3. The number of aromatic nitrogens is 1. The zero-order valence-corrected chi connectivity index (χ0v) is 18.2. The molecule has 0 amide bonds. The van der Waals surface area contributed by atoms with Crippen molar-refractivity contribution in [3.8, 4) is 22.4 Å². The van der Waals surface area contributed by atoms with Crippen LogP contribution in [-0.2, 0) is 0 Å². The van der Waals surface area contributed by atoms with E-state index in [9.17, 15) is 0 Å². The van der Waals surface area contributed by atoms with Crippen LogP contribution in [-0.4, -0.2) is 23.6 Å². The number of hydrogen-bond acceptors (Lipinski definition) is 4. The van der Waals surface area contributed by atoms with E-state index in [4.69, 9.17) is 0 Å². The molecule has 1 aliphatic heterocycles. The molecule has 0 aliphatic carbocycles. The fourth-order valence-corrected chi connectivity index (χ4v) is 4.61. The molecule has 5 rings (SSSR count). The third-order valence-electron chi connectivity index (χ3n) is 5.26. The van der Waals surface area contributed by atoms with Crippen LogP contribution in [0.25, 0.3) is 22.4 Å². The maximum Gasteiger partial charge on any atom is 0.0938 e. The van der Waals surface area contributed by atoms with Gasteiger partial charge in [0.2, 0.25) is 0 Å². The summed E-state index contributed by atoms with van der Waals surface area (Å²) in [6.45, 7) is 0.882. The van der Waals surface area contributed by atoms with E-state index in [0.717, 1.165) is 17.9 Å². The number of anilines is 1. The third kappa shape index (κ3) is 4.49. The maximum absolute atomic E-state index is 4.63. The molecule has 1 aliphatic rings. The number of benzene rings is 3. The highest BCUT2D eigenvalue weighted by Gasteiger charge is 2.11. The second-order valence-electron chi connectivity index (χ2n) is 7.59. The van der Waals surface area contributed by atoms with Crippen molar-refractivity contribution in [3.63, 3.8) is 0 Å². The molecule has 0 spiro atoms. The smallest absolute Gasteiger partial charge is 0.0938 e. The molecule has 31 heavy (non-hydrogen) atoms. The highest BCUT2D eigenvalue weighted by atomic mass is 32.2. The SMILES string of the molecule is CN1C=CN(c2cccc(Sc3cccc(-c4cc(-c5ccccc5)ccn4)c3)c2)C1. The van der Waals surface area contributed by atoms with E-state index in [1.165, 1.54) is 26.6 Å². The van der Waals surface area contributed by atoms with Gasteiger partial charge in [0.15, 0.2) is 0 Å². The molecule has 1 aromatic heterocycles. The predicted molar refractivity (Wildman–Crippen MR) is 130 cm³/mol. The van der Waals surface area contributed by atoms with Crippen LogP contribution < -0.4 is 4.90 Å². The van der Waals surface area contributed by atoms with E-state index in [1.807, 2.05) is 12.3 Å². The molecule has 3 nitrogen and oxygen atoms in total. The topological polar surface area (TPSA) is 19.4 Å². The van der Waals surface area contributed by atoms with Gasteiger partial charge in [-0.2, -0.15) is 0 Å². The average Bonchev–Trinajstić information content (AvgIpc) is 3.26. The molecular weight excluding hydrogens is 398 g/mol. The van der Waals surface area contributed by atoms with Crippen molar-refractivity contribution >= 4 is 17.4 Å². The molecule has 4 aromatic rings. The van der Waals surface area contributed by atoms with Crippen molar-refractivity contribution in [1.82, 2.24) is 9.88 Å². The van der Waals surface area contributed by atoms with Crippen LogP contribution in [0.4, 0.5) is 5.69 Å². The summed E-state index contributed by atoms with van der Waals surface area (Å²) in [6.07, 6.45) is 6.11. The molecule has 2 heterocycles. The van der Waals surface area contributed by atoms with E-state index in [2.05, 4.69) is 119 Å². The summed E-state index contributed by atoms with van der Waals surface area (Å²) in [4.78, 5) is 11.5. The molecule has 0 saturated carbocycles. The normalized spacial score (nSPS) is 13.1. The highest BCUT2D eigenvalue weighted by Crippen LogP contribution is 2.33. The summed E-state index contributed by atoms with van der Waals surface area (Å²) in [7, 11) is 2.08. The fraction of sp³-hybridized carbons (Fsp3) is 0.0741. The first-order valence-electron chi connectivity index (χ1n) is 10.3. The minimum absolute atomic E-state index is 0.882. The monoisotopic (exact) mass is 421 g/mol. The van der Waals surface area contributed by atoms with Gasteiger partial charge in [-0.05, 0) is 53.6 Å². The molecule has 0 radical (unpaired) electrons. The Morgan fingerprint density at radius 2 is 1.48 bits per heavy atom. The Morgan fingerprint density at radius 1 is 0.710 bits per heavy atom. The molecule has 0 bridgehead atoms. The van der Waals surface area contributed by atoms with Crippen LogP contribution in [0.15, 0.2) is 119 Å². The summed E-state index contributed by atoms with van der Waals surface area (Å²) in [5, 5.41) is 0. The Morgan fingerprint density at radius 3 is 2.29 bits per heavy atom. The Bertz CT molecular complexity index is 1220. The van der Waals surface area contributed by atoms with Crippen LogP contribution in [0.1, 0.15) is 0 Å². The lowest BCUT2D eigenvalue weighted by Crippen LogP contribution is -2.21. The van der Waals surface area contributed by atoms with E-state index < -0.39 is 0 Å². The predicted octanol–water partition coefficient (Wildman–Crippen LogP) is 6.75. The van der Waals surface area contributed by atoms with Crippen molar-refractivity contribution in [2.45, 2.75) is 9.79 Å². The molecule has 0 N–H and O–H groups in total. The van der Waals surface area contributed by atoms with E-state index in [1.54, 1.807) is 11.8 Å². The Balaban J connectivity index is 1.39. The highest BCUT2D eigenvalue weighted by molar-refractivity contribution is 7.99. The number of rotatable bonds is 5. The lowest BCUT2D eigenvalue weighted by molar-refractivity contribution is 0.495. The van der Waals surface area contributed by atoms with Gasteiger partial charge in [0, 0.05) is 46.7 Å². The van der Waals surface area contributed by atoms with Crippen LogP contribution in [0, 0.1) is 0 Å². The van der Waals surface area contributed by atoms with E-state index in [-0.39, 0.29) is 0 Å². The average molecular weight is 422 g/mol. The van der Waals surface area contributed by atoms with E-state index in [0.29, 0.717) is 0 Å². The van der Waals surface area contributed by atoms with Crippen molar-refractivity contribution in [2.24, 2.45) is 0 Å². The van der Waals surface area contributed by atoms with Crippen LogP contribution in [0.2, 0.25) is 0 Å². The zero-order chi connectivity index (χ0) is 21.0. The molecule has 3 aromatic carbocycles. The number of pyridine rings is 1. The van der Waals surface area contributed by atoms with Gasteiger partial charge in [0.1, 0.15) is 0 Å². The second kappa shape index (κ2) is 8.70. The fourth-order valence-electron chi connectivity index (χ4n) is 3.68. The minimum atomic E-state index is 0.882. The van der Waals surface area contributed by atoms with Gasteiger partial charge in [-0.25, -0.2) is 0 Å². The van der Waals surface area contributed by atoms with Gasteiger partial charge in [-0.1, -0.05) is 60.3 Å². The summed E-state index contributed by atoms with van der Waals surface area (Å²) in [6, 6.07) is 32.0. The lowest BCUT2D eigenvalue weighted by atomic mass is 10.0. The first-order valence-corrected chi connectivity index (χ1v) is 11.1. The molecule has 0 unspecified atom stereocenters. The molecular formula is C27H23N3S. The maximum atomic E-state index is 4.63.